The summed E-state index contributed by atoms with van der Waals surface area (Å²) in [5, 5.41) is 9.98. The topological polar surface area (TPSA) is 29.5 Å². The number of benzene rings is 3. The van der Waals surface area contributed by atoms with Gasteiger partial charge in [0.1, 0.15) is 23.4 Å². The minimum absolute atomic E-state index is 0.0811. The van der Waals surface area contributed by atoms with Crippen LogP contribution < -0.4 is 4.74 Å². The number of aromatic hydroxyl groups is 1. The molecule has 0 aromatic heterocycles. The van der Waals surface area contributed by atoms with E-state index in [0.717, 1.165) is 25.8 Å². The molecular weight excluding hydrogens is 478 g/mol. The van der Waals surface area contributed by atoms with Crippen LogP contribution in [0.15, 0.2) is 60.7 Å². The molecule has 1 aliphatic rings. The molecule has 0 saturated carbocycles. The van der Waals surface area contributed by atoms with Gasteiger partial charge in [-0.1, -0.05) is 29.8 Å². The fourth-order valence-electron chi connectivity index (χ4n) is 3.35. The van der Waals surface area contributed by atoms with Crippen molar-refractivity contribution in [2.45, 2.75) is 13.0 Å². The van der Waals surface area contributed by atoms with Gasteiger partial charge >= 0.3 is 0 Å². The number of halogens is 3. The standard InChI is InChI=1S/C22H15ClFIO2/c1-12-17-11-16(26)7-9-20(17)27-22(13-2-5-15(25)6-3-13)21(12)14-4-8-18(23)19(24)10-14/h2-11,22,26H,1H3/t22-/m0/s1. The van der Waals surface area contributed by atoms with Gasteiger partial charge in [-0.05, 0) is 88.7 Å². The second-order valence-corrected chi connectivity index (χ2v) is 8.05. The van der Waals surface area contributed by atoms with Gasteiger partial charge in [0.2, 0.25) is 0 Å². The molecule has 2 nitrogen and oxygen atoms in total. The Labute approximate surface area is 175 Å². The van der Waals surface area contributed by atoms with Crippen molar-refractivity contribution in [3.63, 3.8) is 0 Å². The summed E-state index contributed by atoms with van der Waals surface area (Å²) >= 11 is 8.13. The molecule has 1 heterocycles. The summed E-state index contributed by atoms with van der Waals surface area (Å²) in [5.41, 5.74) is 4.25. The largest absolute Gasteiger partial charge is 0.508 e. The Balaban J connectivity index is 1.95. The fourth-order valence-corrected chi connectivity index (χ4v) is 3.82. The monoisotopic (exact) mass is 492 g/mol. The molecule has 4 rings (SSSR count). The van der Waals surface area contributed by atoms with Crippen molar-refractivity contribution in [1.82, 2.24) is 0 Å². The lowest BCUT2D eigenvalue weighted by atomic mass is 9.86. The Morgan fingerprint density at radius 2 is 1.78 bits per heavy atom. The third kappa shape index (κ3) is 3.44. The summed E-state index contributed by atoms with van der Waals surface area (Å²) in [6.07, 6.45) is -0.389. The van der Waals surface area contributed by atoms with Crippen LogP contribution in [0, 0.1) is 9.39 Å². The Morgan fingerprint density at radius 1 is 1.04 bits per heavy atom. The summed E-state index contributed by atoms with van der Waals surface area (Å²) in [6, 6.07) is 17.9. The van der Waals surface area contributed by atoms with Crippen molar-refractivity contribution in [3.05, 3.63) is 91.8 Å². The van der Waals surface area contributed by atoms with Crippen LogP contribution in [0.1, 0.15) is 29.7 Å². The molecule has 5 heteroatoms. The second-order valence-electron chi connectivity index (χ2n) is 6.40. The highest BCUT2D eigenvalue weighted by Crippen LogP contribution is 2.47. The van der Waals surface area contributed by atoms with Gasteiger partial charge < -0.3 is 9.84 Å². The Bertz CT molecular complexity index is 1060. The number of allylic oxidation sites excluding steroid dienone is 1. The fraction of sp³-hybridized carbons (Fsp3) is 0.0909. The molecule has 1 N–H and O–H groups in total. The summed E-state index contributed by atoms with van der Waals surface area (Å²) in [5.74, 6) is 0.371. The molecule has 136 valence electrons. The smallest absolute Gasteiger partial charge is 0.150 e. The molecule has 0 radical (unpaired) electrons. The Hall–Kier alpha value is -2.05. The lowest BCUT2D eigenvalue weighted by Crippen LogP contribution is -2.16. The van der Waals surface area contributed by atoms with Crippen LogP contribution in [-0.4, -0.2) is 5.11 Å². The highest BCUT2D eigenvalue weighted by molar-refractivity contribution is 14.1. The molecule has 0 unspecified atom stereocenters. The van der Waals surface area contributed by atoms with E-state index < -0.39 is 5.82 Å². The Morgan fingerprint density at radius 3 is 2.48 bits per heavy atom. The first-order valence-electron chi connectivity index (χ1n) is 8.36. The lowest BCUT2D eigenvalue weighted by Gasteiger charge is -2.31. The van der Waals surface area contributed by atoms with Gasteiger partial charge in [0.25, 0.3) is 0 Å². The van der Waals surface area contributed by atoms with E-state index in [9.17, 15) is 9.50 Å². The van der Waals surface area contributed by atoms with Crippen molar-refractivity contribution in [3.8, 4) is 11.5 Å². The highest BCUT2D eigenvalue weighted by Gasteiger charge is 2.29. The van der Waals surface area contributed by atoms with Gasteiger partial charge in [-0.2, -0.15) is 0 Å². The van der Waals surface area contributed by atoms with Crippen molar-refractivity contribution < 1.29 is 14.2 Å². The molecule has 0 bridgehead atoms. The van der Waals surface area contributed by atoms with E-state index in [-0.39, 0.29) is 16.9 Å². The van der Waals surface area contributed by atoms with Crippen LogP contribution >= 0.6 is 34.2 Å². The molecule has 3 aromatic rings. The number of phenolic OH excluding ortho intramolecular Hbond substituents is 1. The average molecular weight is 493 g/mol. The first-order valence-corrected chi connectivity index (χ1v) is 9.81. The van der Waals surface area contributed by atoms with E-state index in [0.29, 0.717) is 11.3 Å². The lowest BCUT2D eigenvalue weighted by molar-refractivity contribution is 0.259. The second kappa shape index (κ2) is 7.17. The number of fused-ring (bicyclic) bond motifs is 1. The minimum Gasteiger partial charge on any atom is -0.508 e. The van der Waals surface area contributed by atoms with Crippen LogP contribution in [0.5, 0.6) is 11.5 Å². The van der Waals surface area contributed by atoms with Crippen molar-refractivity contribution in [2.24, 2.45) is 0 Å². The number of hydrogen-bond donors (Lipinski definition) is 1. The number of rotatable bonds is 2. The van der Waals surface area contributed by atoms with E-state index in [4.69, 9.17) is 16.3 Å². The molecule has 0 fully saturated rings. The quantitative estimate of drug-likeness (QED) is 0.396. The number of hydrogen-bond acceptors (Lipinski definition) is 2. The molecular formula is C22H15ClFIO2. The van der Waals surface area contributed by atoms with Crippen molar-refractivity contribution >= 4 is 45.3 Å². The molecule has 1 atom stereocenters. The van der Waals surface area contributed by atoms with Gasteiger partial charge in [0.15, 0.2) is 0 Å². The highest BCUT2D eigenvalue weighted by atomic mass is 127. The van der Waals surface area contributed by atoms with E-state index in [1.807, 2.05) is 31.2 Å². The van der Waals surface area contributed by atoms with Crippen LogP contribution in [0.2, 0.25) is 5.02 Å². The molecule has 27 heavy (non-hydrogen) atoms. The molecule has 0 spiro atoms. The van der Waals surface area contributed by atoms with Crippen molar-refractivity contribution in [1.29, 1.82) is 0 Å². The van der Waals surface area contributed by atoms with Crippen LogP contribution in [-0.2, 0) is 0 Å². The first kappa shape index (κ1) is 18.3. The Kier molecular flexibility index (Phi) is 4.86. The SMILES string of the molecule is CC1=C(c2ccc(Cl)c(F)c2)[C@H](c2ccc(I)cc2)Oc2ccc(O)cc21. The normalized spacial score (nSPS) is 16.1. The van der Waals surface area contributed by atoms with Gasteiger partial charge in [-0.15, -0.1) is 0 Å². The summed E-state index contributed by atoms with van der Waals surface area (Å²) < 4.78 is 21.6. The maximum absolute atomic E-state index is 14.2. The summed E-state index contributed by atoms with van der Waals surface area (Å²) in [6.45, 7) is 1.96. The molecule has 0 aliphatic carbocycles. The molecule has 0 saturated heterocycles. The van der Waals surface area contributed by atoms with Gasteiger partial charge in [-0.25, -0.2) is 4.39 Å². The number of phenols is 1. The zero-order valence-corrected chi connectivity index (χ0v) is 17.3. The van der Waals surface area contributed by atoms with E-state index >= 15 is 0 Å². The predicted molar refractivity (Wildman–Crippen MR) is 115 cm³/mol. The van der Waals surface area contributed by atoms with Gasteiger partial charge in [0, 0.05) is 14.7 Å². The third-order valence-electron chi connectivity index (χ3n) is 4.68. The maximum atomic E-state index is 14.2. The van der Waals surface area contributed by atoms with Crippen LogP contribution in [0.25, 0.3) is 11.1 Å². The maximum Gasteiger partial charge on any atom is 0.150 e. The van der Waals surface area contributed by atoms with E-state index in [1.165, 1.54) is 6.07 Å². The summed E-state index contributed by atoms with van der Waals surface area (Å²) in [4.78, 5) is 0. The van der Waals surface area contributed by atoms with Gasteiger partial charge in [0.05, 0.1) is 5.02 Å². The molecule has 3 aromatic carbocycles. The summed E-state index contributed by atoms with van der Waals surface area (Å²) in [7, 11) is 0. The average Bonchev–Trinajstić information content (AvgIpc) is 2.65. The zero-order chi connectivity index (χ0) is 19.1. The van der Waals surface area contributed by atoms with Crippen molar-refractivity contribution in [2.75, 3.05) is 0 Å². The van der Waals surface area contributed by atoms with Crippen LogP contribution in [0.4, 0.5) is 4.39 Å². The molecule has 0 amide bonds. The van der Waals surface area contributed by atoms with E-state index in [1.54, 1.807) is 30.3 Å². The van der Waals surface area contributed by atoms with E-state index in [2.05, 4.69) is 22.6 Å². The minimum atomic E-state index is -0.475. The predicted octanol–water partition coefficient (Wildman–Crippen LogP) is 6.85. The molecule has 1 aliphatic heterocycles. The first-order chi connectivity index (χ1) is 12.9. The van der Waals surface area contributed by atoms with Crippen LogP contribution in [0.3, 0.4) is 0 Å². The number of ether oxygens (including phenoxy) is 1. The van der Waals surface area contributed by atoms with Gasteiger partial charge in [-0.3, -0.25) is 0 Å². The third-order valence-corrected chi connectivity index (χ3v) is 5.71. The zero-order valence-electron chi connectivity index (χ0n) is 14.3.